The van der Waals surface area contributed by atoms with Gasteiger partial charge in [-0.15, -0.1) is 36.4 Å². The molecule has 4 aromatic rings. The van der Waals surface area contributed by atoms with Gasteiger partial charge in [-0.05, 0) is 24.2 Å². The number of halogens is 4. The summed E-state index contributed by atoms with van der Waals surface area (Å²) in [5.74, 6) is -3.73. The van der Waals surface area contributed by atoms with E-state index in [-0.39, 0.29) is 71.2 Å². The van der Waals surface area contributed by atoms with Crippen LogP contribution in [0, 0.1) is 46.2 Å². The van der Waals surface area contributed by atoms with Crippen LogP contribution in [0.3, 0.4) is 0 Å². The minimum absolute atomic E-state index is 0. The van der Waals surface area contributed by atoms with E-state index >= 15 is 0 Å². The van der Waals surface area contributed by atoms with Crippen LogP contribution in [0.25, 0.3) is 0 Å². The Labute approximate surface area is 329 Å². The van der Waals surface area contributed by atoms with E-state index in [0.717, 1.165) is 25.0 Å². The van der Waals surface area contributed by atoms with Crippen LogP contribution >= 0.6 is 0 Å². The normalized spacial score (nSPS) is 10.6. The SMILES string of the molecule is CCCC(C)(C)C(=O)N(CCOC)c1ccc(F)[c-]c1F.CCCC(C)(C)C(=O)N(CCOC)c1ccc(F)[c-]c1F.[Ti+4].c1cc[cH-]c1.c1cc[cH-]c1. The van der Waals surface area contributed by atoms with Crippen LogP contribution in [0.2, 0.25) is 0 Å². The van der Waals surface area contributed by atoms with Gasteiger partial charge in [-0.1, -0.05) is 54.4 Å². The van der Waals surface area contributed by atoms with Gasteiger partial charge in [0.1, 0.15) is 0 Å². The first-order valence-electron chi connectivity index (χ1n) is 17.4. The summed E-state index contributed by atoms with van der Waals surface area (Å²) in [6, 6.07) is 28.6. The summed E-state index contributed by atoms with van der Waals surface area (Å²) in [5.41, 5.74) is -1.18. The molecule has 0 fully saturated rings. The third-order valence-electron chi connectivity index (χ3n) is 7.81. The Morgan fingerprint density at radius 2 is 0.962 bits per heavy atom. The van der Waals surface area contributed by atoms with Crippen molar-refractivity contribution in [2.45, 2.75) is 67.2 Å². The molecule has 0 bridgehead atoms. The van der Waals surface area contributed by atoms with Crippen LogP contribution < -0.4 is 9.80 Å². The Kier molecular flexibility index (Phi) is 24.5. The summed E-state index contributed by atoms with van der Waals surface area (Å²) in [6.07, 6.45) is 3.05. The van der Waals surface area contributed by atoms with E-state index in [9.17, 15) is 27.2 Å². The number of hydrogen-bond donors (Lipinski definition) is 0. The maximum Gasteiger partial charge on any atom is 4.00 e. The van der Waals surface area contributed by atoms with Gasteiger partial charge in [-0.25, -0.2) is 41.8 Å². The molecule has 0 spiro atoms. The van der Waals surface area contributed by atoms with E-state index in [2.05, 4.69) is 0 Å². The Morgan fingerprint density at radius 3 is 1.19 bits per heavy atom. The van der Waals surface area contributed by atoms with E-state index in [1.165, 1.54) is 36.2 Å². The van der Waals surface area contributed by atoms with E-state index in [0.29, 0.717) is 12.8 Å². The summed E-state index contributed by atoms with van der Waals surface area (Å²) in [5, 5.41) is 0. The molecule has 0 saturated heterocycles. The maximum atomic E-state index is 13.9. The number of benzene rings is 2. The molecule has 4 aromatic carbocycles. The number of carbonyl (C=O) groups is 2. The predicted molar refractivity (Wildman–Crippen MR) is 200 cm³/mol. The van der Waals surface area contributed by atoms with Crippen LogP contribution in [0.5, 0.6) is 0 Å². The van der Waals surface area contributed by atoms with Gasteiger partial charge in [0.15, 0.2) is 0 Å². The fourth-order valence-corrected chi connectivity index (χ4v) is 5.15. The Bertz CT molecular complexity index is 1400. The summed E-state index contributed by atoms with van der Waals surface area (Å²) in [6.45, 7) is 12.2. The molecule has 53 heavy (non-hydrogen) atoms. The first-order chi connectivity index (χ1) is 24.7. The van der Waals surface area contributed by atoms with Crippen molar-refractivity contribution in [1.82, 2.24) is 0 Å². The largest absolute Gasteiger partial charge is 4.00 e. The van der Waals surface area contributed by atoms with Gasteiger partial charge in [0.05, 0.1) is 13.2 Å². The van der Waals surface area contributed by atoms with Crippen molar-refractivity contribution in [1.29, 1.82) is 0 Å². The zero-order chi connectivity index (χ0) is 39.2. The van der Waals surface area contributed by atoms with Crippen molar-refractivity contribution in [3.8, 4) is 0 Å². The van der Waals surface area contributed by atoms with Crippen LogP contribution in [-0.4, -0.2) is 52.3 Å². The van der Waals surface area contributed by atoms with E-state index in [4.69, 9.17) is 9.47 Å². The average molecular weight is 775 g/mol. The van der Waals surface area contributed by atoms with Crippen molar-refractivity contribution in [3.05, 3.63) is 120 Å². The molecule has 0 saturated carbocycles. The number of carbonyl (C=O) groups excluding carboxylic acids is 2. The van der Waals surface area contributed by atoms with E-state index in [1.54, 1.807) is 0 Å². The minimum atomic E-state index is -0.869. The summed E-state index contributed by atoms with van der Waals surface area (Å²) in [7, 11) is 3.01. The standard InChI is InChI=1S/2C16H22F2NO2.2C5H5.Ti/c2*1-5-8-16(2,3)15(20)19(9-10-21-4)14-7-6-12(17)11-13(14)18;2*1-2-4-5-3-1;/h2*6-7H,5,8-10H2,1-4H3;2*1-5H;/q4*-1;+4. The Hall–Kier alpha value is -3.57. The first kappa shape index (κ1) is 49.4. The number of anilines is 2. The molecule has 11 heteroatoms. The predicted octanol–water partition coefficient (Wildman–Crippen LogP) is 9.95. The van der Waals surface area contributed by atoms with E-state index < -0.39 is 34.1 Å². The molecule has 0 aliphatic rings. The van der Waals surface area contributed by atoms with Crippen LogP contribution in [0.15, 0.2) is 84.9 Å². The quantitative estimate of drug-likeness (QED) is 0.0728. The van der Waals surface area contributed by atoms with E-state index in [1.807, 2.05) is 114 Å². The second-order valence-electron chi connectivity index (χ2n) is 13.1. The van der Waals surface area contributed by atoms with Crippen molar-refractivity contribution < 1.29 is 58.3 Å². The molecule has 0 aliphatic heterocycles. The summed E-state index contributed by atoms with van der Waals surface area (Å²) < 4.78 is 63.8. The summed E-state index contributed by atoms with van der Waals surface area (Å²) >= 11 is 0. The summed E-state index contributed by atoms with van der Waals surface area (Å²) in [4.78, 5) is 28.0. The number of ether oxygens (including phenoxy) is 2. The van der Waals surface area contributed by atoms with Crippen molar-refractivity contribution in [2.75, 3.05) is 50.3 Å². The Morgan fingerprint density at radius 1 is 0.642 bits per heavy atom. The molecule has 288 valence electrons. The zero-order valence-corrected chi connectivity index (χ0v) is 33.8. The fraction of sp³-hybridized carbons (Fsp3) is 0.429. The molecule has 0 N–H and O–H groups in total. The van der Waals surface area contributed by atoms with Gasteiger partial charge >= 0.3 is 21.7 Å². The smallest absolute Gasteiger partial charge is 0.383 e. The average Bonchev–Trinajstić information content (AvgIpc) is 3.87. The zero-order valence-electron chi connectivity index (χ0n) is 32.3. The third kappa shape index (κ3) is 17.9. The second kappa shape index (κ2) is 26.2. The molecule has 0 aromatic heterocycles. The van der Waals surface area contributed by atoms with Gasteiger partial charge in [0.2, 0.25) is 11.8 Å². The molecule has 4 rings (SSSR count). The topological polar surface area (TPSA) is 59.1 Å². The van der Waals surface area contributed by atoms with Gasteiger partial charge in [-0.3, -0.25) is 9.59 Å². The molecule has 0 atom stereocenters. The van der Waals surface area contributed by atoms with Crippen molar-refractivity contribution in [2.24, 2.45) is 10.8 Å². The molecule has 6 nitrogen and oxygen atoms in total. The number of methoxy groups -OCH3 is 2. The van der Waals surface area contributed by atoms with Gasteiger partial charge < -0.3 is 19.3 Å². The molecule has 0 heterocycles. The van der Waals surface area contributed by atoms with Crippen LogP contribution in [-0.2, 0) is 40.8 Å². The first-order valence-corrected chi connectivity index (χ1v) is 17.4. The van der Waals surface area contributed by atoms with Crippen molar-refractivity contribution in [3.63, 3.8) is 0 Å². The molecule has 2 amide bonds. The second-order valence-corrected chi connectivity index (χ2v) is 13.1. The molecular weight excluding hydrogens is 720 g/mol. The minimum Gasteiger partial charge on any atom is -0.383 e. The number of rotatable bonds is 14. The third-order valence-corrected chi connectivity index (χ3v) is 7.81. The number of hydrogen-bond acceptors (Lipinski definition) is 4. The van der Waals surface area contributed by atoms with Gasteiger partial charge in [0, 0.05) is 61.4 Å². The van der Waals surface area contributed by atoms with Crippen molar-refractivity contribution >= 4 is 23.2 Å². The molecule has 0 radical (unpaired) electrons. The number of nitrogens with zero attached hydrogens (tertiary/aromatic N) is 2. The molecular formula is C42H54F4N2O4Ti. The van der Waals surface area contributed by atoms with Crippen LogP contribution in [0.4, 0.5) is 28.9 Å². The monoisotopic (exact) mass is 774 g/mol. The van der Waals surface area contributed by atoms with Crippen LogP contribution in [0.1, 0.15) is 67.2 Å². The Balaban J connectivity index is 0.000000791. The maximum absolute atomic E-state index is 13.9. The molecule has 0 aliphatic carbocycles. The fourth-order valence-electron chi connectivity index (χ4n) is 5.15. The van der Waals surface area contributed by atoms with Gasteiger partial charge in [0.25, 0.3) is 0 Å². The van der Waals surface area contributed by atoms with Gasteiger partial charge in [-0.2, -0.15) is 36.4 Å². The number of amides is 2. The molecule has 0 unspecified atom stereocenters.